The van der Waals surface area contributed by atoms with Gasteiger partial charge in [0.25, 0.3) is 5.91 Å². The van der Waals surface area contributed by atoms with E-state index in [1.807, 2.05) is 44.4 Å². The molecule has 1 aliphatic rings. The van der Waals surface area contributed by atoms with E-state index in [-0.39, 0.29) is 18.4 Å². The molecule has 4 rings (SSSR count). The van der Waals surface area contributed by atoms with Gasteiger partial charge in [-0.3, -0.25) is 19.2 Å². The zero-order chi connectivity index (χ0) is 20.4. The fourth-order valence-electron chi connectivity index (χ4n) is 3.24. The second kappa shape index (κ2) is 7.75. The van der Waals surface area contributed by atoms with E-state index < -0.39 is 6.10 Å². The number of pyridine rings is 1. The lowest BCUT2D eigenvalue weighted by atomic mass is 10.1. The van der Waals surface area contributed by atoms with Gasteiger partial charge in [-0.2, -0.15) is 5.10 Å². The Labute approximate surface area is 168 Å². The molecule has 0 saturated carbocycles. The Morgan fingerprint density at radius 2 is 2.03 bits per heavy atom. The van der Waals surface area contributed by atoms with E-state index in [2.05, 4.69) is 15.4 Å². The summed E-state index contributed by atoms with van der Waals surface area (Å²) in [7, 11) is 1.87. The molecule has 2 amide bonds. The van der Waals surface area contributed by atoms with Gasteiger partial charge in [-0.1, -0.05) is 19.1 Å². The lowest BCUT2D eigenvalue weighted by Crippen LogP contribution is -2.48. The lowest BCUT2D eigenvalue weighted by Gasteiger charge is -2.30. The topological polar surface area (TPSA) is 89.4 Å². The zero-order valence-electron chi connectivity index (χ0n) is 16.2. The van der Waals surface area contributed by atoms with Crippen molar-refractivity contribution in [3.05, 3.63) is 55.0 Å². The third kappa shape index (κ3) is 3.82. The fraction of sp³-hybridized carbons (Fsp3) is 0.238. The monoisotopic (exact) mass is 391 g/mol. The molecule has 29 heavy (non-hydrogen) atoms. The average molecular weight is 391 g/mol. The molecular weight excluding hydrogens is 370 g/mol. The summed E-state index contributed by atoms with van der Waals surface area (Å²) in [6.45, 7) is 1.79. The van der Waals surface area contributed by atoms with E-state index >= 15 is 0 Å². The predicted molar refractivity (Wildman–Crippen MR) is 109 cm³/mol. The Morgan fingerprint density at radius 3 is 2.72 bits per heavy atom. The number of hydrogen-bond donors (Lipinski definition) is 1. The first kappa shape index (κ1) is 18.7. The van der Waals surface area contributed by atoms with Gasteiger partial charge in [0, 0.05) is 25.0 Å². The minimum atomic E-state index is -0.722. The summed E-state index contributed by atoms with van der Waals surface area (Å²) in [5, 5.41) is 6.91. The van der Waals surface area contributed by atoms with Gasteiger partial charge in [0.1, 0.15) is 12.3 Å². The Hall–Kier alpha value is -3.68. The zero-order valence-corrected chi connectivity index (χ0v) is 16.2. The van der Waals surface area contributed by atoms with Gasteiger partial charge < -0.3 is 10.1 Å². The van der Waals surface area contributed by atoms with E-state index in [9.17, 15) is 9.59 Å². The molecule has 0 bridgehead atoms. The molecule has 8 nitrogen and oxygen atoms in total. The van der Waals surface area contributed by atoms with Crippen molar-refractivity contribution < 1.29 is 14.3 Å². The van der Waals surface area contributed by atoms with Gasteiger partial charge in [-0.25, -0.2) is 4.98 Å². The van der Waals surface area contributed by atoms with Gasteiger partial charge in [0.15, 0.2) is 11.9 Å². The summed E-state index contributed by atoms with van der Waals surface area (Å²) in [5.74, 6) is 0.472. The van der Waals surface area contributed by atoms with Crippen LogP contribution < -0.4 is 15.0 Å². The summed E-state index contributed by atoms with van der Waals surface area (Å²) in [4.78, 5) is 30.7. The molecule has 3 aromatic rings. The van der Waals surface area contributed by atoms with Crippen molar-refractivity contribution in [3.63, 3.8) is 0 Å². The number of amides is 2. The molecule has 0 aliphatic carbocycles. The summed E-state index contributed by atoms with van der Waals surface area (Å²) < 4.78 is 7.70. The normalized spacial score (nSPS) is 14.1. The number of ether oxygens (including phenoxy) is 1. The molecule has 1 N–H and O–H groups in total. The van der Waals surface area contributed by atoms with Crippen LogP contribution in [0.1, 0.15) is 13.3 Å². The minimum Gasteiger partial charge on any atom is -0.481 e. The maximum absolute atomic E-state index is 13.1. The first-order valence-electron chi connectivity index (χ1n) is 9.37. The number of fused-ring (bicyclic) bond motifs is 1. The first-order valence-corrected chi connectivity index (χ1v) is 9.37. The molecule has 0 radical (unpaired) electrons. The smallest absolute Gasteiger partial charge is 0.269 e. The molecule has 1 aromatic carbocycles. The number of rotatable bonds is 5. The highest BCUT2D eigenvalue weighted by atomic mass is 16.5. The largest absolute Gasteiger partial charge is 0.481 e. The van der Waals surface area contributed by atoms with E-state index in [1.165, 1.54) is 4.90 Å². The maximum atomic E-state index is 13.1. The number of hydrogen-bond acceptors (Lipinski definition) is 5. The Morgan fingerprint density at radius 1 is 1.24 bits per heavy atom. The van der Waals surface area contributed by atoms with Crippen LogP contribution >= 0.6 is 0 Å². The first-order chi connectivity index (χ1) is 14.0. The Bertz CT molecular complexity index is 1040. The summed E-state index contributed by atoms with van der Waals surface area (Å²) in [5.41, 5.74) is 2.53. The number of aryl methyl sites for hydroxylation is 1. The van der Waals surface area contributed by atoms with Crippen LogP contribution in [0.25, 0.3) is 11.1 Å². The maximum Gasteiger partial charge on any atom is 0.269 e. The molecule has 0 spiro atoms. The quantitative estimate of drug-likeness (QED) is 0.722. The van der Waals surface area contributed by atoms with Crippen molar-refractivity contribution in [2.45, 2.75) is 19.4 Å². The lowest BCUT2D eigenvalue weighted by molar-refractivity contribution is -0.127. The van der Waals surface area contributed by atoms with Crippen LogP contribution in [0, 0.1) is 0 Å². The van der Waals surface area contributed by atoms with Crippen LogP contribution in [0.3, 0.4) is 0 Å². The molecular formula is C21H21N5O3. The minimum absolute atomic E-state index is 0.0807. The SMILES string of the molecule is CCC(Oc1ccc(-c2cnn(C)c2)cc1)C(=O)N1CC(=O)Nc2cccnc21. The number of carbonyl (C=O) groups is 2. The number of carbonyl (C=O) groups excluding carboxylic acids is 2. The summed E-state index contributed by atoms with van der Waals surface area (Å²) in [6.07, 6.45) is 5.05. The highest BCUT2D eigenvalue weighted by Gasteiger charge is 2.33. The fourth-order valence-corrected chi connectivity index (χ4v) is 3.24. The van der Waals surface area contributed by atoms with Crippen LogP contribution in [0.5, 0.6) is 5.75 Å². The predicted octanol–water partition coefficient (Wildman–Crippen LogP) is 2.62. The molecule has 1 unspecified atom stereocenters. The van der Waals surface area contributed by atoms with Crippen LogP contribution in [-0.4, -0.2) is 39.2 Å². The number of benzene rings is 1. The van der Waals surface area contributed by atoms with Gasteiger partial charge in [0.05, 0.1) is 11.9 Å². The molecule has 0 fully saturated rings. The third-order valence-corrected chi connectivity index (χ3v) is 4.70. The number of anilines is 2. The second-order valence-corrected chi connectivity index (χ2v) is 6.79. The van der Waals surface area contributed by atoms with E-state index in [4.69, 9.17) is 4.74 Å². The number of nitrogens with zero attached hydrogens (tertiary/aromatic N) is 4. The van der Waals surface area contributed by atoms with E-state index in [1.54, 1.807) is 29.2 Å². The van der Waals surface area contributed by atoms with Crippen molar-refractivity contribution in [2.24, 2.45) is 7.05 Å². The number of nitrogens with one attached hydrogen (secondary N) is 1. The average Bonchev–Trinajstić information content (AvgIpc) is 3.17. The van der Waals surface area contributed by atoms with E-state index in [0.717, 1.165) is 11.1 Å². The molecule has 2 aromatic heterocycles. The second-order valence-electron chi connectivity index (χ2n) is 6.79. The third-order valence-electron chi connectivity index (χ3n) is 4.70. The van der Waals surface area contributed by atoms with Crippen molar-refractivity contribution in [1.29, 1.82) is 0 Å². The highest BCUT2D eigenvalue weighted by molar-refractivity contribution is 6.10. The van der Waals surface area contributed by atoms with Crippen LogP contribution in [0.2, 0.25) is 0 Å². The molecule has 0 saturated heterocycles. The summed E-state index contributed by atoms with van der Waals surface area (Å²) in [6, 6.07) is 10.9. The van der Waals surface area contributed by atoms with Crippen molar-refractivity contribution in [3.8, 4) is 16.9 Å². The molecule has 148 valence electrons. The van der Waals surface area contributed by atoms with Gasteiger partial charge in [0.2, 0.25) is 5.91 Å². The van der Waals surface area contributed by atoms with Gasteiger partial charge in [-0.15, -0.1) is 0 Å². The Balaban J connectivity index is 1.52. The van der Waals surface area contributed by atoms with Crippen LogP contribution in [-0.2, 0) is 16.6 Å². The molecule has 1 atom stereocenters. The van der Waals surface area contributed by atoms with Crippen LogP contribution in [0.4, 0.5) is 11.5 Å². The van der Waals surface area contributed by atoms with Crippen LogP contribution in [0.15, 0.2) is 55.0 Å². The molecule has 3 heterocycles. The Kier molecular flexibility index (Phi) is 4.99. The van der Waals surface area contributed by atoms with Crippen molar-refractivity contribution in [2.75, 3.05) is 16.8 Å². The standard InChI is InChI=1S/C21H21N5O3/c1-3-18(21(28)26-13-19(27)24-17-5-4-10-22-20(17)26)29-16-8-6-14(7-9-16)15-11-23-25(2)12-15/h4-12,18H,3,13H2,1-2H3,(H,24,27). The molecule has 1 aliphatic heterocycles. The van der Waals surface area contributed by atoms with E-state index in [0.29, 0.717) is 23.7 Å². The van der Waals surface area contributed by atoms with Gasteiger partial charge in [-0.05, 0) is 36.2 Å². The summed E-state index contributed by atoms with van der Waals surface area (Å²) >= 11 is 0. The van der Waals surface area contributed by atoms with Crippen molar-refractivity contribution in [1.82, 2.24) is 14.8 Å². The van der Waals surface area contributed by atoms with Gasteiger partial charge >= 0.3 is 0 Å². The highest BCUT2D eigenvalue weighted by Crippen LogP contribution is 2.28. The number of aromatic nitrogens is 3. The molecule has 8 heteroatoms. The van der Waals surface area contributed by atoms with Crippen molar-refractivity contribution >= 4 is 23.3 Å².